The van der Waals surface area contributed by atoms with Gasteiger partial charge in [0.25, 0.3) is 0 Å². The first kappa shape index (κ1) is 64.5. The van der Waals surface area contributed by atoms with Gasteiger partial charge in [0.2, 0.25) is 29.5 Å². The molecule has 2 aliphatic rings. The molecule has 2 fully saturated rings. The van der Waals surface area contributed by atoms with Crippen molar-refractivity contribution in [3.05, 3.63) is 0 Å². The van der Waals surface area contributed by atoms with Crippen molar-refractivity contribution in [2.24, 2.45) is 0 Å². The fourth-order valence-corrected chi connectivity index (χ4v) is 9.12. The Morgan fingerprint density at radius 2 is 1.14 bits per heavy atom. The highest BCUT2D eigenvalue weighted by Gasteiger charge is 2.46. The van der Waals surface area contributed by atoms with Crippen molar-refractivity contribution < 1.29 is 97.0 Å². The van der Waals surface area contributed by atoms with Gasteiger partial charge in [-0.05, 0) is 46.6 Å². The van der Waals surface area contributed by atoms with Crippen molar-refractivity contribution in [1.29, 1.82) is 0 Å². The Bertz CT molecular complexity index is 1620. The average Bonchev–Trinajstić information content (AvgIpc) is 3.29. The number of amides is 5. The van der Waals surface area contributed by atoms with Crippen LogP contribution >= 0.6 is 6.72 Å². The van der Waals surface area contributed by atoms with E-state index in [9.17, 15) is 59.5 Å². The van der Waals surface area contributed by atoms with Gasteiger partial charge in [0, 0.05) is 65.8 Å². The van der Waals surface area contributed by atoms with Crippen molar-refractivity contribution in [2.45, 2.75) is 146 Å². The molecule has 0 aromatic rings. The Balaban J connectivity index is 1.72. The van der Waals surface area contributed by atoms with Gasteiger partial charge in [0.05, 0.1) is 65.1 Å². The smallest absolute Gasteiger partial charge is 0.222 e. The van der Waals surface area contributed by atoms with Gasteiger partial charge in [0.1, 0.15) is 55.4 Å². The van der Waals surface area contributed by atoms with Crippen LogP contribution < -0.4 is 31.5 Å². The Hall–Kier alpha value is -2.64. The van der Waals surface area contributed by atoms with E-state index in [0.717, 1.165) is 0 Å². The summed E-state index contributed by atoms with van der Waals surface area (Å²) in [5.74, 6) is -1.64. The lowest BCUT2D eigenvalue weighted by atomic mass is 9.97. The molecule has 0 aromatic heterocycles. The number of nitrogens with zero attached hydrogens (tertiary/aromatic N) is 1. The second kappa shape index (κ2) is 34.8. The van der Waals surface area contributed by atoms with Crippen LogP contribution in [0.15, 0.2) is 0 Å². The van der Waals surface area contributed by atoms with Crippen LogP contribution in [0.3, 0.4) is 0 Å². The SMILES string of the molecule is CC(=O)NC1C(OCCOCCNC(=O)CCNCCCN(CCC(=O)NCCOCCOC2OC(CO)C(O)C(O)C2NC(C)=O)C(=O)CCCCCOP([O-])(=S)OC(C)(C)C)OC(CO)C(O)C1O. The second-order valence-corrected chi connectivity index (χ2v) is 20.5. The van der Waals surface area contributed by atoms with Crippen LogP contribution in [-0.4, -0.2) is 231 Å². The monoisotopic (exact) mass is 1060 g/mol. The molecule has 0 saturated carbocycles. The van der Waals surface area contributed by atoms with Crippen LogP contribution in [0.4, 0.5) is 0 Å². The molecule has 28 heteroatoms. The molecule has 5 amide bonds. The third-order valence-corrected chi connectivity index (χ3v) is 12.4. The van der Waals surface area contributed by atoms with Gasteiger partial charge in [-0.25, -0.2) is 0 Å². The molecule has 0 aromatic carbocycles. The summed E-state index contributed by atoms with van der Waals surface area (Å²) in [4.78, 5) is 75.7. The minimum Gasteiger partial charge on any atom is -0.780 e. The number of carbonyl (C=O) groups excluding carboxylic acids is 5. The van der Waals surface area contributed by atoms with Crippen LogP contribution in [0.2, 0.25) is 0 Å². The van der Waals surface area contributed by atoms with Crippen LogP contribution in [0.5, 0.6) is 0 Å². The van der Waals surface area contributed by atoms with E-state index < -0.39 is 98.6 Å². The van der Waals surface area contributed by atoms with E-state index in [0.29, 0.717) is 45.3 Å². The Morgan fingerprint density at radius 3 is 1.62 bits per heavy atom. The molecule has 2 rings (SSSR count). The number of ether oxygens (including phenoxy) is 6. The topological polar surface area (TPSA) is 367 Å². The number of rotatable bonds is 36. The van der Waals surface area contributed by atoms with Crippen molar-refractivity contribution in [3.63, 3.8) is 0 Å². The maximum Gasteiger partial charge on any atom is 0.222 e. The molecule has 2 aliphatic heterocycles. The first-order chi connectivity index (χ1) is 33.6. The van der Waals surface area contributed by atoms with Crippen molar-refractivity contribution >= 4 is 48.1 Å². The Kier molecular flexibility index (Phi) is 31.6. The fourth-order valence-electron chi connectivity index (χ4n) is 7.15. The van der Waals surface area contributed by atoms with E-state index in [1.807, 2.05) is 0 Å². The highest BCUT2D eigenvalue weighted by atomic mass is 32.5. The lowest BCUT2D eigenvalue weighted by Gasteiger charge is -2.42. The number of unbranched alkanes of at least 4 members (excludes halogenated alkanes) is 2. The predicted octanol–water partition coefficient (Wildman–Crippen LogP) is -4.26. The van der Waals surface area contributed by atoms with Crippen LogP contribution in [-0.2, 0) is 73.2 Å². The second-order valence-electron chi connectivity index (χ2n) is 17.8. The fraction of sp³-hybridized carbons (Fsp3) is 0.884. The van der Waals surface area contributed by atoms with Gasteiger partial charge in [-0.15, -0.1) is 0 Å². The molecule has 71 heavy (non-hydrogen) atoms. The standard InChI is InChI=1S/C43H81N6O20PS/c1-28(52)47-35-39(59)37(57)30(26-50)67-41(35)64-24-22-62-20-15-45-32(54)11-14-44-13-9-17-49(34(56)10-7-6-8-19-66-70(61,71)69-43(3,4)5)18-12-33(55)46-16-21-63-23-25-65-42-36(48-29(2)53)40(60)38(58)31(27-51)68-42/h30-31,35-42,44,50-51,57-60H,6-27H2,1-5H3,(H,45,54)(H,46,55)(H,47,52)(H,48,53)(H,61,71)/p-1. The number of carbonyl (C=O) groups is 5. The number of aliphatic hydroxyl groups is 6. The largest absolute Gasteiger partial charge is 0.780 e. The summed E-state index contributed by atoms with van der Waals surface area (Å²) in [5.41, 5.74) is -0.727. The Labute approximate surface area is 420 Å². The molecule has 0 spiro atoms. The van der Waals surface area contributed by atoms with Crippen LogP contribution in [0, 0.1) is 0 Å². The number of hydrogen-bond acceptors (Lipinski definition) is 22. The van der Waals surface area contributed by atoms with E-state index in [1.165, 1.54) is 13.8 Å². The summed E-state index contributed by atoms with van der Waals surface area (Å²) in [6.45, 7) is 5.05. The minimum absolute atomic E-state index is 0.00689. The van der Waals surface area contributed by atoms with Crippen molar-refractivity contribution in [2.75, 3.05) is 98.7 Å². The first-order valence-corrected chi connectivity index (χ1v) is 26.5. The quantitative estimate of drug-likeness (QED) is 0.0209. The highest BCUT2D eigenvalue weighted by molar-refractivity contribution is 8.06. The van der Waals surface area contributed by atoms with Gasteiger partial charge in [-0.2, -0.15) is 0 Å². The molecule has 11 atom stereocenters. The lowest BCUT2D eigenvalue weighted by Crippen LogP contribution is -2.64. The zero-order valence-corrected chi connectivity index (χ0v) is 43.2. The van der Waals surface area contributed by atoms with E-state index in [4.69, 9.17) is 49.3 Å². The molecule has 0 aliphatic carbocycles. The molecule has 26 nitrogen and oxygen atoms in total. The van der Waals surface area contributed by atoms with Crippen molar-refractivity contribution in [1.82, 2.24) is 31.5 Å². The Morgan fingerprint density at radius 1 is 0.634 bits per heavy atom. The third kappa shape index (κ3) is 26.9. The van der Waals surface area contributed by atoms with Crippen LogP contribution in [0.1, 0.15) is 79.6 Å². The summed E-state index contributed by atoms with van der Waals surface area (Å²) in [7, 11) is 0. The zero-order chi connectivity index (χ0) is 53.0. The normalized spacial score (nSPS) is 25.5. The summed E-state index contributed by atoms with van der Waals surface area (Å²) in [6, 6.07) is -2.16. The molecule has 11 N–H and O–H groups in total. The van der Waals surface area contributed by atoms with Crippen molar-refractivity contribution in [3.8, 4) is 0 Å². The van der Waals surface area contributed by atoms with E-state index in [2.05, 4.69) is 26.6 Å². The molecular weight excluding hydrogens is 984 g/mol. The summed E-state index contributed by atoms with van der Waals surface area (Å²) in [6.07, 6.45) is -7.74. The van der Waals surface area contributed by atoms with E-state index >= 15 is 0 Å². The molecular formula is C43H80N6O20PS-. The highest BCUT2D eigenvalue weighted by Crippen LogP contribution is 2.43. The summed E-state index contributed by atoms with van der Waals surface area (Å²) in [5, 5.41) is 73.6. The lowest BCUT2D eigenvalue weighted by molar-refractivity contribution is -0.272. The van der Waals surface area contributed by atoms with Crippen LogP contribution in [0.25, 0.3) is 0 Å². The summed E-state index contributed by atoms with van der Waals surface area (Å²) >= 11 is 4.96. The minimum atomic E-state index is -3.65. The number of nitrogens with one attached hydrogen (secondary N) is 5. The molecule has 0 radical (unpaired) electrons. The first-order valence-electron chi connectivity index (χ1n) is 23.9. The van der Waals surface area contributed by atoms with E-state index in [-0.39, 0.29) is 103 Å². The van der Waals surface area contributed by atoms with Gasteiger partial charge in [-0.1, -0.05) is 18.2 Å². The third-order valence-electron chi connectivity index (χ3n) is 10.6. The number of aliphatic hydroxyl groups excluding tert-OH is 6. The maximum atomic E-state index is 13.3. The molecule has 11 unspecified atom stereocenters. The molecule has 414 valence electrons. The predicted molar refractivity (Wildman–Crippen MR) is 253 cm³/mol. The van der Waals surface area contributed by atoms with Gasteiger partial charge < -0.3 is 104 Å². The van der Waals surface area contributed by atoms with Gasteiger partial charge >= 0.3 is 0 Å². The molecule has 0 bridgehead atoms. The number of hydrogen-bond donors (Lipinski definition) is 11. The zero-order valence-electron chi connectivity index (χ0n) is 41.5. The van der Waals surface area contributed by atoms with Gasteiger partial charge in [0.15, 0.2) is 12.6 Å². The summed E-state index contributed by atoms with van der Waals surface area (Å²) < 4.78 is 43.9. The maximum absolute atomic E-state index is 13.3. The molecule has 2 heterocycles. The molecule has 2 saturated heterocycles. The average molecular weight is 1060 g/mol. The van der Waals surface area contributed by atoms with Gasteiger partial charge in [-0.3, -0.25) is 24.0 Å². The van der Waals surface area contributed by atoms with E-state index in [1.54, 1.807) is 25.7 Å².